The summed E-state index contributed by atoms with van der Waals surface area (Å²) in [6.07, 6.45) is 0. The molecule has 0 unspecified atom stereocenters. The van der Waals surface area contributed by atoms with Crippen molar-refractivity contribution in [3.05, 3.63) is 86.9 Å². The largest absolute Gasteiger partial charge is 0.500 e. The summed E-state index contributed by atoms with van der Waals surface area (Å²) in [6.45, 7) is 18.9. The number of hydrogen-bond acceptors (Lipinski definition) is 14. The van der Waals surface area contributed by atoms with Gasteiger partial charge in [-0.05, 0) is 110 Å². The molecule has 6 rings (SSSR count). The molecule has 5 aromatic rings. The third-order valence-electron chi connectivity index (χ3n) is 8.83. The summed E-state index contributed by atoms with van der Waals surface area (Å²) in [7, 11) is -0.378. The van der Waals surface area contributed by atoms with Crippen LogP contribution in [0.3, 0.4) is 0 Å². The maximum absolute atomic E-state index is 11.5. The number of aryl methyl sites for hydroxylation is 6. The third-order valence-corrected chi connectivity index (χ3v) is 10.2. The first-order valence-corrected chi connectivity index (χ1v) is 17.6. The first-order valence-electron chi connectivity index (χ1n) is 15.7. The second-order valence-corrected chi connectivity index (χ2v) is 15.1. The minimum Gasteiger partial charge on any atom is -0.399 e. The van der Waals surface area contributed by atoms with Crippen LogP contribution >= 0.6 is 38.5 Å². The molecular weight excluding hydrogens is 856 g/mol. The number of nitrogens with two attached hydrogens (primary N) is 2. The molecule has 0 bridgehead atoms. The van der Waals surface area contributed by atoms with Crippen molar-refractivity contribution in [1.82, 2.24) is 15.5 Å². The van der Waals surface area contributed by atoms with E-state index in [1.807, 2.05) is 64.1 Å². The number of hydrogen-bond donors (Lipinski definition) is 2. The lowest BCUT2D eigenvalue weighted by molar-refractivity contribution is -0.384. The first-order chi connectivity index (χ1) is 24.1. The van der Waals surface area contributed by atoms with Crippen LogP contribution < -0.4 is 16.9 Å². The molecule has 1 fully saturated rings. The number of nitro groups is 2. The van der Waals surface area contributed by atoms with Gasteiger partial charge in [-0.1, -0.05) is 31.4 Å². The highest BCUT2D eigenvalue weighted by Crippen LogP contribution is 2.42. The number of nitrogen functional groups attached to an aromatic ring is 2. The summed E-state index contributed by atoms with van der Waals surface area (Å²) in [5.74, 6) is 1.89. The second kappa shape index (κ2) is 15.3. The van der Waals surface area contributed by atoms with Gasteiger partial charge < -0.3 is 34.3 Å². The Balaban J connectivity index is 0.000000187. The minimum absolute atomic E-state index is 0.0613. The standard InChI is InChI=1S/C16H16N4O4.C11H18BNO3.C6H4BrIN2O2/c1-7-14(9(3)23-18-7)11-5-12(15-8(2)19-24-10(15)4)16(17)13(6-11)20(21)22;1-7-9(8(2)14-13-7)12-15-10(3,4)11(5,6)16-12;7-3-1-4(8)6(9)5(2-3)10(11)12/h5-6H,17H2,1-4H3;1-6H3;1-2H,9H2. The van der Waals surface area contributed by atoms with Gasteiger partial charge in [0.15, 0.2) is 0 Å². The van der Waals surface area contributed by atoms with Gasteiger partial charge in [-0.15, -0.1) is 0 Å². The van der Waals surface area contributed by atoms with Gasteiger partial charge in [0, 0.05) is 42.3 Å². The molecule has 16 nitrogen and oxygen atoms in total. The Bertz CT molecular complexity index is 2090. The zero-order valence-electron chi connectivity index (χ0n) is 30.2. The highest BCUT2D eigenvalue weighted by molar-refractivity contribution is 14.1. The fourth-order valence-corrected chi connectivity index (χ4v) is 6.90. The van der Waals surface area contributed by atoms with Crippen LogP contribution in [0.1, 0.15) is 62.1 Å². The van der Waals surface area contributed by atoms with Crippen molar-refractivity contribution in [2.45, 2.75) is 80.4 Å². The second-order valence-electron chi connectivity index (χ2n) is 13.0. The topological polar surface area (TPSA) is 235 Å². The van der Waals surface area contributed by atoms with E-state index in [0.29, 0.717) is 53.2 Å². The van der Waals surface area contributed by atoms with Gasteiger partial charge in [-0.25, -0.2) is 0 Å². The molecule has 1 aliphatic heterocycles. The lowest BCUT2D eigenvalue weighted by Gasteiger charge is -2.32. The Morgan fingerprint density at radius 3 is 1.62 bits per heavy atom. The Labute approximate surface area is 321 Å². The van der Waals surface area contributed by atoms with E-state index >= 15 is 0 Å². The van der Waals surface area contributed by atoms with Gasteiger partial charge in [0.1, 0.15) is 28.7 Å². The van der Waals surface area contributed by atoms with Crippen molar-refractivity contribution in [2.24, 2.45) is 0 Å². The van der Waals surface area contributed by atoms with E-state index in [9.17, 15) is 20.2 Å². The molecule has 19 heteroatoms. The molecular formula is C33H38BBrIN7O9. The number of rotatable bonds is 5. The number of nitro benzene ring substituents is 2. The zero-order chi connectivity index (χ0) is 39.0. The average molecular weight is 894 g/mol. The number of aromatic nitrogens is 3. The van der Waals surface area contributed by atoms with Gasteiger partial charge in [0.2, 0.25) is 0 Å². The molecule has 4 N–H and O–H groups in total. The number of nitrogens with zero attached hydrogens (tertiary/aromatic N) is 5. The van der Waals surface area contributed by atoms with Gasteiger partial charge in [-0.3, -0.25) is 20.2 Å². The third kappa shape index (κ3) is 8.16. The van der Waals surface area contributed by atoms with Crippen LogP contribution in [0.5, 0.6) is 0 Å². The normalized spacial score (nSPS) is 14.3. The Hall–Kier alpha value is -4.34. The van der Waals surface area contributed by atoms with E-state index < -0.39 is 9.85 Å². The maximum Gasteiger partial charge on any atom is 0.500 e. The van der Waals surface area contributed by atoms with Crippen LogP contribution in [0.15, 0.2) is 42.3 Å². The summed E-state index contributed by atoms with van der Waals surface area (Å²) in [4.78, 5) is 20.9. The minimum atomic E-state index is -0.501. The van der Waals surface area contributed by atoms with E-state index in [1.54, 1.807) is 39.8 Å². The van der Waals surface area contributed by atoms with Gasteiger partial charge in [0.25, 0.3) is 11.4 Å². The molecule has 2 aromatic carbocycles. The predicted octanol–water partition coefficient (Wildman–Crippen LogP) is 7.86. The van der Waals surface area contributed by atoms with Gasteiger partial charge in [-0.2, -0.15) is 0 Å². The molecule has 0 saturated carbocycles. The van der Waals surface area contributed by atoms with E-state index in [0.717, 1.165) is 16.9 Å². The molecule has 276 valence electrons. The SMILES string of the molecule is Cc1noc(C)c1-c1cc(-c2c(C)noc2C)c(N)c([N+](=O)[O-])c1.Cc1noc(C)c1B1OC(C)(C)C(C)(C)O1.Nc1c(I)cc(Br)cc1[N+](=O)[O-]. The van der Waals surface area contributed by atoms with Crippen LogP contribution in [0.2, 0.25) is 0 Å². The zero-order valence-corrected chi connectivity index (χ0v) is 34.0. The molecule has 0 spiro atoms. The Morgan fingerprint density at radius 1 is 0.712 bits per heavy atom. The number of anilines is 2. The fraction of sp³-hybridized carbons (Fsp3) is 0.364. The maximum atomic E-state index is 11.5. The fourth-order valence-electron chi connectivity index (χ4n) is 5.41. The highest BCUT2D eigenvalue weighted by atomic mass is 127. The molecule has 0 radical (unpaired) electrons. The van der Waals surface area contributed by atoms with Crippen molar-refractivity contribution in [1.29, 1.82) is 0 Å². The van der Waals surface area contributed by atoms with E-state index in [1.165, 1.54) is 12.1 Å². The Kier molecular flexibility index (Phi) is 11.9. The molecule has 0 amide bonds. The van der Waals surface area contributed by atoms with Crippen LogP contribution in [0, 0.1) is 65.3 Å². The monoisotopic (exact) mass is 893 g/mol. The summed E-state index contributed by atoms with van der Waals surface area (Å²) in [5.41, 5.74) is 16.4. The van der Waals surface area contributed by atoms with Crippen molar-refractivity contribution in [3.8, 4) is 22.3 Å². The molecule has 0 aliphatic carbocycles. The first kappa shape index (κ1) is 40.4. The quantitative estimate of drug-likeness (QED) is 0.0562. The lowest BCUT2D eigenvalue weighted by Crippen LogP contribution is -2.41. The number of benzene rings is 2. The molecule has 1 aliphatic rings. The van der Waals surface area contributed by atoms with E-state index in [2.05, 4.69) is 31.4 Å². The van der Waals surface area contributed by atoms with Crippen LogP contribution in [0.4, 0.5) is 22.7 Å². The highest BCUT2D eigenvalue weighted by Gasteiger charge is 2.53. The summed E-state index contributed by atoms with van der Waals surface area (Å²) < 4.78 is 28.7. The van der Waals surface area contributed by atoms with Crippen LogP contribution in [0.25, 0.3) is 22.3 Å². The molecule has 4 heterocycles. The number of halogens is 2. The van der Waals surface area contributed by atoms with E-state index in [-0.39, 0.29) is 41.1 Å². The summed E-state index contributed by atoms with van der Waals surface area (Å²) in [6, 6.07) is 6.32. The molecule has 1 saturated heterocycles. The smallest absolute Gasteiger partial charge is 0.399 e. The van der Waals surface area contributed by atoms with Crippen molar-refractivity contribution in [2.75, 3.05) is 11.5 Å². The van der Waals surface area contributed by atoms with Crippen LogP contribution in [-0.2, 0) is 9.31 Å². The Morgan fingerprint density at radius 2 is 1.17 bits per heavy atom. The van der Waals surface area contributed by atoms with E-state index in [4.69, 9.17) is 34.3 Å². The lowest BCUT2D eigenvalue weighted by atomic mass is 9.77. The average Bonchev–Trinajstić information content (AvgIpc) is 3.73. The van der Waals surface area contributed by atoms with Gasteiger partial charge >= 0.3 is 7.12 Å². The van der Waals surface area contributed by atoms with Gasteiger partial charge in [0.05, 0.1) is 38.1 Å². The van der Waals surface area contributed by atoms with Crippen molar-refractivity contribution in [3.63, 3.8) is 0 Å². The summed E-state index contributed by atoms with van der Waals surface area (Å²) in [5, 5.41) is 33.6. The predicted molar refractivity (Wildman–Crippen MR) is 207 cm³/mol. The van der Waals surface area contributed by atoms with Crippen molar-refractivity contribution >= 4 is 73.9 Å². The molecule has 3 aromatic heterocycles. The van der Waals surface area contributed by atoms with Crippen molar-refractivity contribution < 1.29 is 32.7 Å². The van der Waals surface area contributed by atoms with Crippen LogP contribution in [-0.4, -0.2) is 43.6 Å². The molecule has 52 heavy (non-hydrogen) atoms. The summed E-state index contributed by atoms with van der Waals surface area (Å²) >= 11 is 5.10. The molecule has 0 atom stereocenters.